The van der Waals surface area contributed by atoms with Gasteiger partial charge >= 0.3 is 0 Å². The van der Waals surface area contributed by atoms with Gasteiger partial charge in [-0.3, -0.25) is 15.0 Å². The van der Waals surface area contributed by atoms with Crippen molar-refractivity contribution < 1.29 is 4.92 Å². The van der Waals surface area contributed by atoms with Crippen molar-refractivity contribution in [3.05, 3.63) is 38.9 Å². The number of rotatable bonds is 3. The van der Waals surface area contributed by atoms with Gasteiger partial charge in [-0.2, -0.15) is 0 Å². The highest BCUT2D eigenvalue weighted by Gasteiger charge is 2.33. The number of nitrogens with one attached hydrogen (secondary N) is 1. The minimum atomic E-state index is -0.413. The number of benzene rings is 1. The normalized spacial score (nSPS) is 16.9. The summed E-state index contributed by atoms with van der Waals surface area (Å²) in [5.74, 6) is 0. The summed E-state index contributed by atoms with van der Waals surface area (Å²) in [6.45, 7) is 10.3. The summed E-state index contributed by atoms with van der Waals surface area (Å²) in [6, 6.07) is 5.30. The molecule has 1 aromatic rings. The van der Waals surface area contributed by atoms with Gasteiger partial charge in [0.1, 0.15) is 5.02 Å². The van der Waals surface area contributed by atoms with Gasteiger partial charge in [-0.25, -0.2) is 0 Å². The van der Waals surface area contributed by atoms with Crippen LogP contribution in [0.3, 0.4) is 0 Å². The highest BCUT2D eigenvalue weighted by Crippen LogP contribution is 2.40. The quantitative estimate of drug-likeness (QED) is 0.630. The molecule has 0 aromatic heterocycles. The second kappa shape index (κ2) is 9.04. The fraction of sp³-hybridized carbons (Fsp3) is 0.600. The average Bonchev–Trinajstić information content (AvgIpc) is 2.40. The Bertz CT molecular complexity index is 529. The summed E-state index contributed by atoms with van der Waals surface area (Å²) in [5, 5.41) is 14.7. The molecule has 0 amide bonds. The first kappa shape index (κ1) is 22.4. The maximum Gasteiger partial charge on any atom is 0.288 e. The Kier molecular flexibility index (Phi) is 8.81. The molecule has 0 unspecified atom stereocenters. The minimum Gasteiger partial charge on any atom is -0.314 e. The Morgan fingerprint density at radius 1 is 1.26 bits per heavy atom. The Labute approximate surface area is 154 Å². The molecule has 5 nitrogen and oxygen atoms in total. The first-order valence-corrected chi connectivity index (χ1v) is 7.57. The predicted octanol–water partition coefficient (Wildman–Crippen LogP) is 4.08. The van der Waals surface area contributed by atoms with Gasteiger partial charge in [-0.05, 0) is 17.0 Å². The number of nitro groups is 1. The fourth-order valence-electron chi connectivity index (χ4n) is 3.04. The fourth-order valence-corrected chi connectivity index (χ4v) is 3.23. The summed E-state index contributed by atoms with van der Waals surface area (Å²) in [5.41, 5.74) is 0.929. The van der Waals surface area contributed by atoms with Crippen LogP contribution in [0.15, 0.2) is 18.2 Å². The standard InChI is InChI=1S/C15H22ClN3O2.2ClH/c1-15(2,3)14(18-8-6-17-7-9-18)11-4-5-12(16)13(10-11)19(20)21;;/h4-5,10,14,17H,6-9H2,1-3H3;2*1H/t14-;;/m0../s1. The Morgan fingerprint density at radius 2 is 1.83 bits per heavy atom. The number of halogens is 3. The molecule has 1 heterocycles. The van der Waals surface area contributed by atoms with Crippen molar-refractivity contribution in [2.24, 2.45) is 5.41 Å². The molecule has 132 valence electrons. The molecule has 0 aliphatic carbocycles. The Morgan fingerprint density at radius 3 is 2.30 bits per heavy atom. The highest BCUT2D eigenvalue weighted by molar-refractivity contribution is 6.32. The van der Waals surface area contributed by atoms with Crippen molar-refractivity contribution in [3.8, 4) is 0 Å². The van der Waals surface area contributed by atoms with Gasteiger partial charge in [0, 0.05) is 38.3 Å². The van der Waals surface area contributed by atoms with Crippen LogP contribution < -0.4 is 5.32 Å². The number of piperazine rings is 1. The summed E-state index contributed by atoms with van der Waals surface area (Å²) in [4.78, 5) is 13.1. The zero-order chi connectivity index (χ0) is 15.6. The van der Waals surface area contributed by atoms with Crippen LogP contribution in [0.1, 0.15) is 32.4 Å². The number of nitrogens with zero attached hydrogens (tertiary/aromatic N) is 2. The zero-order valence-electron chi connectivity index (χ0n) is 13.5. The van der Waals surface area contributed by atoms with E-state index in [1.807, 2.05) is 6.07 Å². The molecular weight excluding hydrogens is 361 g/mol. The van der Waals surface area contributed by atoms with E-state index in [0.29, 0.717) is 0 Å². The van der Waals surface area contributed by atoms with E-state index in [2.05, 4.69) is 31.0 Å². The van der Waals surface area contributed by atoms with Crippen molar-refractivity contribution in [3.63, 3.8) is 0 Å². The van der Waals surface area contributed by atoms with E-state index in [0.717, 1.165) is 31.7 Å². The van der Waals surface area contributed by atoms with E-state index in [1.54, 1.807) is 12.1 Å². The largest absolute Gasteiger partial charge is 0.314 e. The van der Waals surface area contributed by atoms with E-state index in [-0.39, 0.29) is 47.0 Å². The van der Waals surface area contributed by atoms with Crippen molar-refractivity contribution >= 4 is 42.1 Å². The topological polar surface area (TPSA) is 58.4 Å². The van der Waals surface area contributed by atoms with E-state index < -0.39 is 4.92 Å². The second-order valence-electron chi connectivity index (χ2n) is 6.52. The summed E-state index contributed by atoms with van der Waals surface area (Å²) < 4.78 is 0. The number of nitro benzene ring substituents is 1. The molecule has 0 bridgehead atoms. The maximum atomic E-state index is 11.1. The maximum absolute atomic E-state index is 11.1. The smallest absolute Gasteiger partial charge is 0.288 e. The highest BCUT2D eigenvalue weighted by atomic mass is 35.5. The molecule has 2 rings (SSSR count). The minimum absolute atomic E-state index is 0. The lowest BCUT2D eigenvalue weighted by Gasteiger charge is -2.42. The molecule has 23 heavy (non-hydrogen) atoms. The van der Waals surface area contributed by atoms with Gasteiger partial charge in [0.25, 0.3) is 5.69 Å². The molecule has 1 saturated heterocycles. The van der Waals surface area contributed by atoms with E-state index in [4.69, 9.17) is 11.6 Å². The van der Waals surface area contributed by atoms with Crippen LogP contribution in [-0.2, 0) is 0 Å². The molecule has 8 heteroatoms. The SMILES string of the molecule is CC(C)(C)[C@H](c1ccc(Cl)c([N+](=O)[O-])c1)N1CCNCC1.Cl.Cl. The molecule has 1 aromatic carbocycles. The van der Waals surface area contributed by atoms with E-state index >= 15 is 0 Å². The zero-order valence-corrected chi connectivity index (χ0v) is 15.9. The molecular formula is C15H24Cl3N3O2. The molecule has 1 atom stereocenters. The van der Waals surface area contributed by atoms with Crippen LogP contribution in [0.2, 0.25) is 5.02 Å². The van der Waals surface area contributed by atoms with Crippen LogP contribution in [0, 0.1) is 15.5 Å². The first-order valence-electron chi connectivity index (χ1n) is 7.19. The van der Waals surface area contributed by atoms with Gasteiger partial charge in [0.2, 0.25) is 0 Å². The van der Waals surface area contributed by atoms with Crippen LogP contribution >= 0.6 is 36.4 Å². The molecule has 0 saturated carbocycles. The first-order chi connectivity index (χ1) is 9.80. The molecule has 1 aliphatic rings. The van der Waals surface area contributed by atoms with E-state index in [1.165, 1.54) is 0 Å². The lowest BCUT2D eigenvalue weighted by Crippen LogP contribution is -2.48. The molecule has 0 spiro atoms. The van der Waals surface area contributed by atoms with Gasteiger partial charge in [-0.1, -0.05) is 38.4 Å². The lowest BCUT2D eigenvalue weighted by atomic mass is 9.81. The third-order valence-corrected chi connectivity index (χ3v) is 4.14. The monoisotopic (exact) mass is 383 g/mol. The van der Waals surface area contributed by atoms with Crippen LogP contribution in [0.25, 0.3) is 0 Å². The summed E-state index contributed by atoms with van der Waals surface area (Å²) >= 11 is 5.93. The summed E-state index contributed by atoms with van der Waals surface area (Å²) in [7, 11) is 0. The molecule has 1 N–H and O–H groups in total. The van der Waals surface area contributed by atoms with Gasteiger partial charge in [-0.15, -0.1) is 24.8 Å². The van der Waals surface area contributed by atoms with Crippen LogP contribution in [0.5, 0.6) is 0 Å². The van der Waals surface area contributed by atoms with Crippen LogP contribution in [-0.4, -0.2) is 36.0 Å². The predicted molar refractivity (Wildman–Crippen MR) is 99.2 cm³/mol. The summed E-state index contributed by atoms with van der Waals surface area (Å²) in [6.07, 6.45) is 0. The second-order valence-corrected chi connectivity index (χ2v) is 6.93. The molecule has 0 radical (unpaired) electrons. The number of hydrogen-bond donors (Lipinski definition) is 1. The third kappa shape index (κ3) is 5.47. The lowest BCUT2D eigenvalue weighted by molar-refractivity contribution is -0.384. The molecule has 1 aliphatic heterocycles. The average molecular weight is 385 g/mol. The van der Waals surface area contributed by atoms with Crippen molar-refractivity contribution in [2.45, 2.75) is 26.8 Å². The van der Waals surface area contributed by atoms with Gasteiger partial charge in [0.05, 0.1) is 4.92 Å². The van der Waals surface area contributed by atoms with E-state index in [9.17, 15) is 10.1 Å². The van der Waals surface area contributed by atoms with Crippen molar-refractivity contribution in [2.75, 3.05) is 26.2 Å². The number of hydrogen-bond acceptors (Lipinski definition) is 4. The van der Waals surface area contributed by atoms with Crippen LogP contribution in [0.4, 0.5) is 5.69 Å². The van der Waals surface area contributed by atoms with Crippen molar-refractivity contribution in [1.82, 2.24) is 10.2 Å². The molecule has 1 fully saturated rings. The Hall–Kier alpha value is -0.590. The third-order valence-electron chi connectivity index (χ3n) is 3.82. The Balaban J connectivity index is 0.00000242. The van der Waals surface area contributed by atoms with Gasteiger partial charge < -0.3 is 5.32 Å². The van der Waals surface area contributed by atoms with Gasteiger partial charge in [0.15, 0.2) is 0 Å². The van der Waals surface area contributed by atoms with Crippen molar-refractivity contribution in [1.29, 1.82) is 0 Å².